The van der Waals surface area contributed by atoms with Crippen molar-refractivity contribution in [2.75, 3.05) is 28.8 Å². The second-order valence-corrected chi connectivity index (χ2v) is 14.2. The molecular weight excluding hydrogens is 711 g/mol. The van der Waals surface area contributed by atoms with Gasteiger partial charge in [0.1, 0.15) is 22.8 Å². The van der Waals surface area contributed by atoms with E-state index in [1.54, 1.807) is 16.8 Å². The number of benzene rings is 1. The van der Waals surface area contributed by atoms with Crippen molar-refractivity contribution in [3.05, 3.63) is 69.5 Å². The zero-order valence-corrected chi connectivity index (χ0v) is 28.5. The van der Waals surface area contributed by atoms with Crippen LogP contribution < -0.4 is 32.4 Å². The molecule has 0 bridgehead atoms. The van der Waals surface area contributed by atoms with Crippen molar-refractivity contribution in [2.24, 2.45) is 5.16 Å². The number of amides is 2. The number of carbonyl (C=O) groups excluding carboxylic acids is 3. The quantitative estimate of drug-likeness (QED) is 0.0145. The summed E-state index contributed by atoms with van der Waals surface area (Å²) < 4.78 is 1.55. The molecule has 20 heteroatoms. The van der Waals surface area contributed by atoms with E-state index in [0.717, 1.165) is 65.3 Å². The van der Waals surface area contributed by atoms with E-state index in [9.17, 15) is 34.8 Å². The number of phenols is 2. The minimum atomic E-state index is -1.76. The van der Waals surface area contributed by atoms with E-state index in [1.807, 2.05) is 0 Å². The number of oxime groups is 1. The van der Waals surface area contributed by atoms with Gasteiger partial charge in [-0.25, -0.2) is 4.98 Å². The van der Waals surface area contributed by atoms with Gasteiger partial charge in [0.05, 0.1) is 17.2 Å². The minimum absolute atomic E-state index is 0.0121. The van der Waals surface area contributed by atoms with Crippen molar-refractivity contribution >= 4 is 69.3 Å². The molecule has 3 aliphatic rings. The normalized spacial score (nSPS) is 19.5. The Morgan fingerprint density at radius 1 is 1.24 bits per heavy atom. The lowest BCUT2D eigenvalue weighted by atomic mass is 9.96. The molecule has 0 unspecified atom stereocenters. The van der Waals surface area contributed by atoms with Crippen molar-refractivity contribution in [3.63, 3.8) is 0 Å². The molecule has 1 aliphatic carbocycles. The SMILES string of the molecule is Nc1nc(/C(=N/O[C@@H](O)c2ccc(O)c(O)c2)C(=O)N[C@@H]2C(=O)N3C(C(=O)[O-])=C(/C=C/CSc4nc(N)c5c([n+]4N)CCCC5)CS[C@H]23)cs1. The van der Waals surface area contributed by atoms with Crippen LogP contribution in [0.3, 0.4) is 0 Å². The van der Waals surface area contributed by atoms with Crippen LogP contribution in [0.25, 0.3) is 0 Å². The summed E-state index contributed by atoms with van der Waals surface area (Å²) >= 11 is 3.58. The van der Waals surface area contributed by atoms with Crippen molar-refractivity contribution in [2.45, 2.75) is 48.5 Å². The fourth-order valence-corrected chi connectivity index (χ4v) is 8.23. The van der Waals surface area contributed by atoms with Gasteiger partial charge in [0.2, 0.25) is 5.82 Å². The first kappa shape index (κ1) is 34.8. The highest BCUT2D eigenvalue weighted by atomic mass is 32.2. The van der Waals surface area contributed by atoms with Crippen molar-refractivity contribution < 1.29 is 44.3 Å². The Morgan fingerprint density at radius 3 is 2.74 bits per heavy atom. The van der Waals surface area contributed by atoms with Crippen molar-refractivity contribution in [1.82, 2.24) is 20.2 Å². The molecule has 50 heavy (non-hydrogen) atoms. The van der Waals surface area contributed by atoms with E-state index < -0.39 is 52.7 Å². The first-order valence-electron chi connectivity index (χ1n) is 15.1. The molecule has 3 aromatic rings. The number of phenolic OH excluding ortho intramolecular Hbond substituents is 2. The Kier molecular flexibility index (Phi) is 10.0. The summed E-state index contributed by atoms with van der Waals surface area (Å²) in [4.78, 5) is 53.6. The van der Waals surface area contributed by atoms with Gasteiger partial charge in [-0.05, 0) is 59.8 Å². The van der Waals surface area contributed by atoms with Crippen LogP contribution >= 0.6 is 34.9 Å². The molecule has 1 fully saturated rings. The van der Waals surface area contributed by atoms with Gasteiger partial charge in [-0.2, -0.15) is 0 Å². The maximum Gasteiger partial charge on any atom is 0.385 e. The van der Waals surface area contributed by atoms with E-state index in [4.69, 9.17) is 22.1 Å². The third-order valence-corrected chi connectivity index (χ3v) is 11.0. The highest BCUT2D eigenvalue weighted by Gasteiger charge is 2.53. The number of hydrogen-bond acceptors (Lipinski definition) is 17. The van der Waals surface area contributed by atoms with E-state index in [-0.39, 0.29) is 27.8 Å². The number of allylic oxidation sites excluding steroid dienone is 1. The first-order chi connectivity index (χ1) is 23.9. The molecule has 1 saturated heterocycles. The predicted octanol–water partition coefficient (Wildman–Crippen LogP) is -0.842. The monoisotopic (exact) mass is 741 g/mol. The number of nitrogens with two attached hydrogens (primary N) is 3. The molecule has 2 aromatic heterocycles. The average Bonchev–Trinajstić information content (AvgIpc) is 3.53. The lowest BCUT2D eigenvalue weighted by Crippen LogP contribution is -2.71. The number of aliphatic hydroxyl groups excluding tert-OH is 1. The fourth-order valence-electron chi connectivity index (χ4n) is 5.61. The van der Waals surface area contributed by atoms with Gasteiger partial charge in [-0.15, -0.1) is 27.8 Å². The highest BCUT2D eigenvalue weighted by Crippen LogP contribution is 2.40. The van der Waals surface area contributed by atoms with Crippen molar-refractivity contribution in [1.29, 1.82) is 0 Å². The Balaban J connectivity index is 1.14. The number of nitrogen functional groups attached to an aromatic ring is 3. The molecule has 1 aromatic carbocycles. The average molecular weight is 742 g/mol. The highest BCUT2D eigenvalue weighted by molar-refractivity contribution is 8.00. The van der Waals surface area contributed by atoms with Crippen molar-refractivity contribution in [3.8, 4) is 11.5 Å². The summed E-state index contributed by atoms with van der Waals surface area (Å²) in [7, 11) is 0. The molecule has 2 aliphatic heterocycles. The molecule has 0 radical (unpaired) electrons. The van der Waals surface area contributed by atoms with Crippen LogP contribution in [0.1, 0.15) is 41.6 Å². The second-order valence-electron chi connectivity index (χ2n) is 11.2. The Bertz CT molecular complexity index is 1970. The largest absolute Gasteiger partial charge is 0.543 e. The number of carboxylic acid groups (broad SMARTS) is 1. The standard InChI is InChI=1S/C30H31N9O8S3/c31-23-15-5-1-2-6-17(15)39(33)30(36-23)48-9-3-4-14-11-49-26-21(25(43)38(26)22(14)27(44)45)35-24(42)20(16-12-50-29(32)34-16)37-47-28(46)13-7-8-18(40)19(41)10-13/h3-4,7-8,10,12,21,26,28,31,46H,1-2,5-6,9,11,33H2,(H6,32,34,35,37,40,41,42,44,45)/b4-3+/t21-,26-,28-/m1/s1. The third-order valence-electron chi connectivity index (χ3n) is 8.07. The number of anilines is 2. The lowest BCUT2D eigenvalue weighted by molar-refractivity contribution is -0.690. The lowest BCUT2D eigenvalue weighted by Gasteiger charge is -2.50. The molecule has 6 rings (SSSR count). The maximum absolute atomic E-state index is 13.4. The number of aromatic nitrogens is 3. The molecule has 10 N–H and O–H groups in total. The number of nitrogens with one attached hydrogen (secondary N) is 1. The van der Waals surface area contributed by atoms with Crippen LogP contribution in [-0.2, 0) is 32.1 Å². The Morgan fingerprint density at radius 2 is 2.02 bits per heavy atom. The number of hydrogen-bond donors (Lipinski definition) is 7. The van der Waals surface area contributed by atoms with Gasteiger partial charge < -0.3 is 46.8 Å². The van der Waals surface area contributed by atoms with Crippen LogP contribution in [0.2, 0.25) is 0 Å². The van der Waals surface area contributed by atoms with E-state index in [0.29, 0.717) is 22.3 Å². The van der Waals surface area contributed by atoms with Gasteiger partial charge >= 0.3 is 5.16 Å². The number of nitrogens with zero attached hydrogens (tertiary/aromatic N) is 5. The Labute approximate surface area is 296 Å². The van der Waals surface area contributed by atoms with Crippen LogP contribution in [0.4, 0.5) is 10.9 Å². The number of rotatable bonds is 11. The van der Waals surface area contributed by atoms with Gasteiger partial charge in [-0.1, -0.05) is 17.3 Å². The van der Waals surface area contributed by atoms with E-state index in [1.165, 1.54) is 35.0 Å². The second kappa shape index (κ2) is 14.4. The van der Waals surface area contributed by atoms with Gasteiger partial charge in [0, 0.05) is 28.9 Å². The number of β-lactam (4-membered cyclic amide) rings is 1. The first-order valence-corrected chi connectivity index (χ1v) is 18.0. The topological polar surface area (TPSA) is 280 Å². The fraction of sp³-hybridized carbons (Fsp3) is 0.300. The molecule has 3 atom stereocenters. The molecule has 2 amide bonds. The van der Waals surface area contributed by atoms with Crippen LogP contribution in [0, 0.1) is 0 Å². The number of aliphatic hydroxyl groups is 1. The number of fused-ring (bicyclic) bond motifs is 2. The molecule has 4 heterocycles. The number of aromatic hydroxyl groups is 2. The van der Waals surface area contributed by atoms with E-state index >= 15 is 0 Å². The van der Waals surface area contributed by atoms with Crippen LogP contribution in [0.15, 0.2) is 57.3 Å². The van der Waals surface area contributed by atoms with Crippen LogP contribution in [0.5, 0.6) is 11.5 Å². The Hall–Kier alpha value is -5.05. The zero-order chi connectivity index (χ0) is 35.7. The summed E-state index contributed by atoms with van der Waals surface area (Å²) in [5.41, 5.74) is 13.5. The van der Waals surface area contributed by atoms with Gasteiger partial charge in [0.15, 0.2) is 22.3 Å². The number of thiazole rings is 1. The minimum Gasteiger partial charge on any atom is -0.543 e. The smallest absolute Gasteiger partial charge is 0.385 e. The molecule has 0 spiro atoms. The van der Waals surface area contributed by atoms with Gasteiger partial charge in [0.25, 0.3) is 18.1 Å². The van der Waals surface area contributed by atoms with Gasteiger partial charge in [-0.3, -0.25) is 20.3 Å². The number of carboxylic acids is 1. The number of aliphatic carboxylic acids is 1. The summed E-state index contributed by atoms with van der Waals surface area (Å²) in [5, 5.41) is 49.5. The van der Waals surface area contributed by atoms with E-state index in [2.05, 4.69) is 20.4 Å². The molecule has 0 saturated carbocycles. The number of thioether (sulfide) groups is 2. The maximum atomic E-state index is 13.4. The third kappa shape index (κ3) is 6.86. The molecule has 17 nitrogen and oxygen atoms in total. The van der Waals surface area contributed by atoms with Crippen LogP contribution in [-0.4, -0.2) is 76.6 Å². The summed E-state index contributed by atoms with van der Waals surface area (Å²) in [6.45, 7) is 0. The summed E-state index contributed by atoms with van der Waals surface area (Å²) in [5.74, 6) is 3.27. The summed E-state index contributed by atoms with van der Waals surface area (Å²) in [6.07, 6.45) is 5.27. The number of carbonyl (C=O) groups is 3. The zero-order valence-electron chi connectivity index (χ0n) is 26.0. The molecular formula is C30H31N9O8S3. The predicted molar refractivity (Wildman–Crippen MR) is 181 cm³/mol. The molecule has 262 valence electrons. The summed E-state index contributed by atoms with van der Waals surface area (Å²) in [6, 6.07) is 2.30.